The lowest BCUT2D eigenvalue weighted by Crippen LogP contribution is -2.44. The van der Waals surface area contributed by atoms with E-state index in [1.165, 1.54) is 45.1 Å². The van der Waals surface area contributed by atoms with E-state index < -0.39 is 0 Å². The molecule has 0 spiro atoms. The maximum atomic E-state index is 5.56. The van der Waals surface area contributed by atoms with Crippen molar-refractivity contribution in [2.24, 2.45) is 11.3 Å². The van der Waals surface area contributed by atoms with Gasteiger partial charge in [-0.3, -0.25) is 0 Å². The molecule has 0 aromatic carbocycles. The van der Waals surface area contributed by atoms with Gasteiger partial charge in [0.2, 0.25) is 0 Å². The number of ether oxygens (including phenoxy) is 1. The quantitative estimate of drug-likeness (QED) is 0.750. The summed E-state index contributed by atoms with van der Waals surface area (Å²) in [5, 5.41) is 3.76. The van der Waals surface area contributed by atoms with E-state index in [-0.39, 0.29) is 0 Å². The zero-order chi connectivity index (χ0) is 11.4. The topological polar surface area (TPSA) is 21.3 Å². The molecule has 1 aliphatic carbocycles. The summed E-state index contributed by atoms with van der Waals surface area (Å²) in [4.78, 5) is 0. The van der Waals surface area contributed by atoms with Gasteiger partial charge in [-0.05, 0) is 37.0 Å². The summed E-state index contributed by atoms with van der Waals surface area (Å²) in [6.45, 7) is 7.88. The molecule has 1 aliphatic heterocycles. The van der Waals surface area contributed by atoms with E-state index in [0.717, 1.165) is 25.2 Å². The van der Waals surface area contributed by atoms with Crippen LogP contribution in [0.5, 0.6) is 0 Å². The molecule has 2 aliphatic rings. The van der Waals surface area contributed by atoms with Crippen molar-refractivity contribution in [2.45, 2.75) is 58.4 Å². The third-order valence-electron chi connectivity index (χ3n) is 4.66. The Hall–Kier alpha value is -0.0800. The minimum absolute atomic E-state index is 0.532. The van der Waals surface area contributed by atoms with Crippen LogP contribution in [0.3, 0.4) is 0 Å². The lowest BCUT2D eigenvalue weighted by Gasteiger charge is -2.43. The van der Waals surface area contributed by atoms with E-state index in [9.17, 15) is 0 Å². The van der Waals surface area contributed by atoms with Crippen molar-refractivity contribution >= 4 is 0 Å². The van der Waals surface area contributed by atoms with Gasteiger partial charge in [-0.15, -0.1) is 0 Å². The van der Waals surface area contributed by atoms with Crippen LogP contribution in [0.1, 0.15) is 52.4 Å². The Kier molecular flexibility index (Phi) is 4.26. The molecule has 0 bridgehead atoms. The van der Waals surface area contributed by atoms with Crippen molar-refractivity contribution in [2.75, 3.05) is 19.8 Å². The van der Waals surface area contributed by atoms with Crippen LogP contribution in [0.2, 0.25) is 0 Å². The minimum atomic E-state index is 0.532. The fourth-order valence-corrected chi connectivity index (χ4v) is 3.30. The standard InChI is InChI=1S/C14H27NO/c1-3-12(4-2)14(7-9-16-10-8-14)11-15-13-5-6-13/h12-13,15H,3-11H2,1-2H3. The van der Waals surface area contributed by atoms with Crippen molar-refractivity contribution < 1.29 is 4.74 Å². The van der Waals surface area contributed by atoms with Gasteiger partial charge in [0.1, 0.15) is 0 Å². The van der Waals surface area contributed by atoms with Gasteiger partial charge in [0, 0.05) is 25.8 Å². The summed E-state index contributed by atoms with van der Waals surface area (Å²) in [7, 11) is 0. The molecule has 2 heteroatoms. The van der Waals surface area contributed by atoms with E-state index in [2.05, 4.69) is 19.2 Å². The first kappa shape index (κ1) is 12.4. The fraction of sp³-hybridized carbons (Fsp3) is 1.00. The summed E-state index contributed by atoms with van der Waals surface area (Å²) in [6, 6.07) is 0.842. The highest BCUT2D eigenvalue weighted by Gasteiger charge is 2.39. The molecule has 1 N–H and O–H groups in total. The maximum absolute atomic E-state index is 5.56. The van der Waals surface area contributed by atoms with Gasteiger partial charge in [0.25, 0.3) is 0 Å². The van der Waals surface area contributed by atoms with Crippen LogP contribution in [0.15, 0.2) is 0 Å². The van der Waals surface area contributed by atoms with Crippen LogP contribution in [0, 0.1) is 11.3 Å². The second kappa shape index (κ2) is 5.50. The van der Waals surface area contributed by atoms with Crippen molar-refractivity contribution in [3.8, 4) is 0 Å². The molecule has 0 amide bonds. The molecule has 2 fully saturated rings. The predicted molar refractivity (Wildman–Crippen MR) is 67.6 cm³/mol. The molecule has 1 heterocycles. The van der Waals surface area contributed by atoms with E-state index in [1.807, 2.05) is 0 Å². The molecule has 0 atom stereocenters. The SMILES string of the molecule is CCC(CC)C1(CNC2CC2)CCOCC1. The summed E-state index contributed by atoms with van der Waals surface area (Å²) in [6.07, 6.45) is 7.97. The van der Waals surface area contributed by atoms with E-state index in [4.69, 9.17) is 4.74 Å². The third-order valence-corrected chi connectivity index (χ3v) is 4.66. The monoisotopic (exact) mass is 225 g/mol. The molecular weight excluding hydrogens is 198 g/mol. The molecule has 16 heavy (non-hydrogen) atoms. The molecule has 1 saturated heterocycles. The highest BCUT2D eigenvalue weighted by atomic mass is 16.5. The van der Waals surface area contributed by atoms with Gasteiger partial charge in [-0.1, -0.05) is 26.7 Å². The van der Waals surface area contributed by atoms with Gasteiger partial charge in [-0.2, -0.15) is 0 Å². The molecule has 0 radical (unpaired) electrons. The van der Waals surface area contributed by atoms with Gasteiger partial charge in [-0.25, -0.2) is 0 Å². The van der Waals surface area contributed by atoms with Crippen LogP contribution in [-0.2, 0) is 4.74 Å². The summed E-state index contributed by atoms with van der Waals surface area (Å²) < 4.78 is 5.56. The van der Waals surface area contributed by atoms with Crippen LogP contribution in [-0.4, -0.2) is 25.8 Å². The average Bonchev–Trinajstić information content (AvgIpc) is 3.13. The van der Waals surface area contributed by atoms with Crippen molar-refractivity contribution in [1.82, 2.24) is 5.32 Å². The van der Waals surface area contributed by atoms with E-state index >= 15 is 0 Å². The first-order chi connectivity index (χ1) is 7.80. The van der Waals surface area contributed by atoms with Crippen LogP contribution in [0.25, 0.3) is 0 Å². The normalized spacial score (nSPS) is 24.9. The third kappa shape index (κ3) is 2.78. The summed E-state index contributed by atoms with van der Waals surface area (Å²) in [5.41, 5.74) is 0.532. The largest absolute Gasteiger partial charge is 0.381 e. The Labute approximate surface area is 100 Å². The Morgan fingerprint density at radius 1 is 1.19 bits per heavy atom. The molecule has 0 aromatic heterocycles. The molecule has 0 unspecified atom stereocenters. The molecule has 1 saturated carbocycles. The molecule has 94 valence electrons. The number of hydrogen-bond acceptors (Lipinski definition) is 2. The number of nitrogens with one attached hydrogen (secondary N) is 1. The second-order valence-electron chi connectivity index (χ2n) is 5.64. The smallest absolute Gasteiger partial charge is 0.0471 e. The van der Waals surface area contributed by atoms with Gasteiger partial charge in [0.15, 0.2) is 0 Å². The van der Waals surface area contributed by atoms with Crippen LogP contribution >= 0.6 is 0 Å². The minimum Gasteiger partial charge on any atom is -0.381 e. The van der Waals surface area contributed by atoms with Gasteiger partial charge in [0.05, 0.1) is 0 Å². The Morgan fingerprint density at radius 2 is 1.81 bits per heavy atom. The van der Waals surface area contributed by atoms with Crippen molar-refractivity contribution in [3.05, 3.63) is 0 Å². The van der Waals surface area contributed by atoms with E-state index in [0.29, 0.717) is 5.41 Å². The van der Waals surface area contributed by atoms with Crippen LogP contribution < -0.4 is 5.32 Å². The lowest BCUT2D eigenvalue weighted by molar-refractivity contribution is -0.0207. The first-order valence-corrected chi connectivity index (χ1v) is 7.12. The summed E-state index contributed by atoms with van der Waals surface area (Å²) >= 11 is 0. The molecular formula is C14H27NO. The van der Waals surface area contributed by atoms with Crippen molar-refractivity contribution in [1.29, 1.82) is 0 Å². The predicted octanol–water partition coefficient (Wildman–Crippen LogP) is 2.97. The Balaban J connectivity index is 1.96. The van der Waals surface area contributed by atoms with E-state index in [1.54, 1.807) is 0 Å². The second-order valence-corrected chi connectivity index (χ2v) is 5.64. The molecule has 0 aromatic rings. The fourth-order valence-electron chi connectivity index (χ4n) is 3.30. The lowest BCUT2D eigenvalue weighted by atomic mass is 9.67. The number of hydrogen-bond donors (Lipinski definition) is 1. The Morgan fingerprint density at radius 3 is 2.31 bits per heavy atom. The van der Waals surface area contributed by atoms with Crippen LogP contribution in [0.4, 0.5) is 0 Å². The highest BCUT2D eigenvalue weighted by molar-refractivity contribution is 4.92. The summed E-state index contributed by atoms with van der Waals surface area (Å²) in [5.74, 6) is 0.877. The first-order valence-electron chi connectivity index (χ1n) is 7.12. The average molecular weight is 225 g/mol. The number of rotatable bonds is 6. The zero-order valence-electron chi connectivity index (χ0n) is 10.9. The van der Waals surface area contributed by atoms with Gasteiger partial charge >= 0.3 is 0 Å². The van der Waals surface area contributed by atoms with Crippen molar-refractivity contribution in [3.63, 3.8) is 0 Å². The molecule has 2 rings (SSSR count). The zero-order valence-corrected chi connectivity index (χ0v) is 10.9. The molecule has 2 nitrogen and oxygen atoms in total. The Bertz CT molecular complexity index is 203. The maximum Gasteiger partial charge on any atom is 0.0471 e. The van der Waals surface area contributed by atoms with Gasteiger partial charge < -0.3 is 10.1 Å². The highest BCUT2D eigenvalue weighted by Crippen LogP contribution is 2.41.